The first kappa shape index (κ1) is 25.4. The molecule has 10 nitrogen and oxygen atoms in total. The molecular weight excluding hydrogens is 487 g/mol. The first-order chi connectivity index (χ1) is 18.2. The van der Waals surface area contributed by atoms with E-state index >= 15 is 0 Å². The topological polar surface area (TPSA) is 133 Å². The maximum Gasteiger partial charge on any atom is 0.255 e. The van der Waals surface area contributed by atoms with Crippen LogP contribution in [0.2, 0.25) is 0 Å². The molecule has 1 saturated carbocycles. The van der Waals surface area contributed by atoms with E-state index in [2.05, 4.69) is 36.3 Å². The van der Waals surface area contributed by atoms with E-state index in [1.165, 1.54) is 26.2 Å². The van der Waals surface area contributed by atoms with Crippen molar-refractivity contribution in [1.82, 2.24) is 29.5 Å². The Bertz CT molecular complexity index is 1480. The number of alkyl halides is 1. The van der Waals surface area contributed by atoms with Gasteiger partial charge in [-0.3, -0.25) is 9.78 Å². The minimum atomic E-state index is -1.62. The van der Waals surface area contributed by atoms with E-state index in [9.17, 15) is 14.3 Å². The minimum Gasteiger partial charge on any atom is -0.387 e. The number of hydrogen-bond donors (Lipinski definition) is 3. The number of pyridine rings is 1. The van der Waals surface area contributed by atoms with Gasteiger partial charge >= 0.3 is 0 Å². The number of amides is 1. The molecule has 196 valence electrons. The third-order valence-electron chi connectivity index (χ3n) is 6.87. The van der Waals surface area contributed by atoms with Gasteiger partial charge in [-0.1, -0.05) is 0 Å². The lowest BCUT2D eigenvalue weighted by Gasteiger charge is -2.37. The first-order valence-electron chi connectivity index (χ1n) is 12.5. The highest BCUT2D eigenvalue weighted by atomic mass is 19.1. The van der Waals surface area contributed by atoms with Gasteiger partial charge in [0, 0.05) is 31.2 Å². The van der Waals surface area contributed by atoms with Gasteiger partial charge in [0.15, 0.2) is 0 Å². The van der Waals surface area contributed by atoms with Crippen molar-refractivity contribution < 1.29 is 14.3 Å². The lowest BCUT2D eigenvalue weighted by atomic mass is 9.80. The number of imidazole rings is 1. The zero-order valence-electron chi connectivity index (χ0n) is 21.2. The molecule has 1 atom stereocenters. The van der Waals surface area contributed by atoms with E-state index in [0.717, 1.165) is 24.9 Å². The van der Waals surface area contributed by atoms with Crippen molar-refractivity contribution in [2.75, 3.05) is 11.9 Å². The number of nitrogens with one attached hydrogen (secondary N) is 2. The van der Waals surface area contributed by atoms with Gasteiger partial charge in [0.25, 0.3) is 5.91 Å². The summed E-state index contributed by atoms with van der Waals surface area (Å²) in [6.07, 6.45) is 8.70. The molecule has 5 rings (SSSR count). The predicted octanol–water partition coefficient (Wildman–Crippen LogP) is 3.19. The van der Waals surface area contributed by atoms with Crippen LogP contribution in [0.5, 0.6) is 0 Å². The van der Waals surface area contributed by atoms with Crippen LogP contribution < -0.4 is 10.6 Å². The molecule has 3 N–H and O–H groups in total. The predicted molar refractivity (Wildman–Crippen MR) is 139 cm³/mol. The molecule has 1 aliphatic rings. The number of fused-ring (bicyclic) bond motifs is 1. The zero-order chi connectivity index (χ0) is 26.9. The summed E-state index contributed by atoms with van der Waals surface area (Å²) in [7, 11) is 0. The molecule has 0 spiro atoms. The molecule has 4 aromatic heterocycles. The fraction of sp³-hybridized carbons (Fsp3) is 0.370. The Morgan fingerprint density at radius 3 is 2.84 bits per heavy atom. The Kier molecular flexibility index (Phi) is 6.82. The normalized spacial score (nSPS) is 18.0. The van der Waals surface area contributed by atoms with Crippen LogP contribution in [-0.2, 0) is 6.54 Å². The summed E-state index contributed by atoms with van der Waals surface area (Å²) >= 11 is 0. The van der Waals surface area contributed by atoms with Crippen LogP contribution in [-0.4, -0.2) is 59.5 Å². The Morgan fingerprint density at radius 2 is 2.13 bits per heavy atom. The molecule has 11 heteroatoms. The molecule has 38 heavy (non-hydrogen) atoms. The van der Waals surface area contributed by atoms with Crippen LogP contribution in [0, 0.1) is 17.2 Å². The van der Waals surface area contributed by atoms with Crippen molar-refractivity contribution >= 4 is 17.1 Å². The van der Waals surface area contributed by atoms with Crippen LogP contribution in [0.4, 0.5) is 10.1 Å². The highest BCUT2D eigenvalue weighted by Gasteiger charge is 2.31. The van der Waals surface area contributed by atoms with Crippen LogP contribution in [0.3, 0.4) is 0 Å². The maximum absolute atomic E-state index is 14.3. The van der Waals surface area contributed by atoms with Crippen molar-refractivity contribution in [3.63, 3.8) is 0 Å². The summed E-state index contributed by atoms with van der Waals surface area (Å²) in [6, 6.07) is 9.49. The van der Waals surface area contributed by atoms with Gasteiger partial charge in [-0.2, -0.15) is 10.4 Å². The number of carbonyl (C=O) groups is 1. The summed E-state index contributed by atoms with van der Waals surface area (Å²) in [5.74, 6) is 0.0111. The SMILES string of the molecule is CC(C)(O)[C@H](F)CNC(=O)c1cnc(-c2ccc3cc(C#N)cnn23)cc1NC1CC(Cn2ccnc2)C1. The summed E-state index contributed by atoms with van der Waals surface area (Å²) < 4.78 is 18.0. The molecule has 4 aromatic rings. The van der Waals surface area contributed by atoms with Gasteiger partial charge in [-0.15, -0.1) is 0 Å². The Morgan fingerprint density at radius 1 is 1.32 bits per heavy atom. The van der Waals surface area contributed by atoms with Crippen molar-refractivity contribution in [2.45, 2.75) is 51.0 Å². The zero-order valence-corrected chi connectivity index (χ0v) is 21.2. The average molecular weight is 517 g/mol. The fourth-order valence-corrected chi connectivity index (χ4v) is 4.59. The average Bonchev–Trinajstić information content (AvgIpc) is 3.54. The van der Waals surface area contributed by atoms with Crippen LogP contribution in [0.1, 0.15) is 42.6 Å². The van der Waals surface area contributed by atoms with E-state index in [-0.39, 0.29) is 18.2 Å². The van der Waals surface area contributed by atoms with Gasteiger partial charge in [0.1, 0.15) is 12.2 Å². The molecule has 4 heterocycles. The van der Waals surface area contributed by atoms with E-state index in [1.54, 1.807) is 29.2 Å². The van der Waals surface area contributed by atoms with Gasteiger partial charge in [-0.25, -0.2) is 13.9 Å². The second-order valence-electron chi connectivity index (χ2n) is 10.3. The van der Waals surface area contributed by atoms with Crippen LogP contribution in [0.15, 0.2) is 55.4 Å². The molecule has 0 unspecified atom stereocenters. The number of aromatic nitrogens is 5. The van der Waals surface area contributed by atoms with E-state index in [0.29, 0.717) is 28.6 Å². The van der Waals surface area contributed by atoms with Gasteiger partial charge in [-0.05, 0) is 56.9 Å². The van der Waals surface area contributed by atoms with E-state index in [4.69, 9.17) is 5.26 Å². The standard InChI is InChI=1S/C27H29FN8O2/c1-27(2,38)25(28)14-32-26(37)21-13-31-23(24-4-3-20-9-18(11-29)12-33-36(20)24)10-22(21)34-19-7-17(8-19)15-35-6-5-30-16-35/h3-6,9-10,12-13,16-17,19,25,38H,7-8,14-15H2,1-2H3,(H,31,34)(H,32,37)/t17?,19?,25-/m1/s1. The summed E-state index contributed by atoms with van der Waals surface area (Å²) in [5.41, 5.74) is 1.81. The number of anilines is 1. The Balaban J connectivity index is 1.38. The second kappa shape index (κ2) is 10.2. The van der Waals surface area contributed by atoms with Gasteiger partial charge < -0.3 is 20.3 Å². The molecule has 0 radical (unpaired) electrons. The third kappa shape index (κ3) is 5.35. The number of rotatable bonds is 9. The van der Waals surface area contributed by atoms with E-state index in [1.807, 2.05) is 18.3 Å². The Labute approximate surface area is 219 Å². The first-order valence-corrected chi connectivity index (χ1v) is 12.5. The largest absolute Gasteiger partial charge is 0.387 e. The molecule has 0 saturated heterocycles. The lowest BCUT2D eigenvalue weighted by Crippen LogP contribution is -2.42. The van der Waals surface area contributed by atoms with Crippen molar-refractivity contribution in [3.05, 3.63) is 66.5 Å². The Hall–Kier alpha value is -4.30. The molecule has 0 aliphatic heterocycles. The molecule has 0 aromatic carbocycles. The van der Waals surface area contributed by atoms with Crippen LogP contribution in [0.25, 0.3) is 16.9 Å². The molecule has 1 aliphatic carbocycles. The fourth-order valence-electron chi connectivity index (χ4n) is 4.59. The summed E-state index contributed by atoms with van der Waals surface area (Å²) in [6.45, 7) is 3.28. The van der Waals surface area contributed by atoms with Gasteiger partial charge in [0.05, 0.1) is 58.4 Å². The summed E-state index contributed by atoms with van der Waals surface area (Å²) in [5, 5.41) is 29.5. The monoisotopic (exact) mass is 516 g/mol. The quantitative estimate of drug-likeness (QED) is 0.311. The lowest BCUT2D eigenvalue weighted by molar-refractivity contribution is -0.00177. The smallest absolute Gasteiger partial charge is 0.255 e. The number of carbonyl (C=O) groups excluding carboxylic acids is 1. The number of hydrogen-bond acceptors (Lipinski definition) is 7. The van der Waals surface area contributed by atoms with Crippen molar-refractivity contribution in [2.24, 2.45) is 5.92 Å². The maximum atomic E-state index is 14.3. The van der Waals surface area contributed by atoms with Gasteiger partial charge in [0.2, 0.25) is 0 Å². The van der Waals surface area contributed by atoms with E-state index < -0.39 is 17.7 Å². The highest BCUT2D eigenvalue weighted by Crippen LogP contribution is 2.33. The number of nitrogens with zero attached hydrogens (tertiary/aromatic N) is 6. The summed E-state index contributed by atoms with van der Waals surface area (Å²) in [4.78, 5) is 21.6. The molecular formula is C27H29FN8O2. The minimum absolute atomic E-state index is 0.163. The highest BCUT2D eigenvalue weighted by molar-refractivity contribution is 6.00. The number of aliphatic hydroxyl groups is 1. The number of halogens is 1. The molecule has 0 bridgehead atoms. The van der Waals surface area contributed by atoms with Crippen LogP contribution >= 0.6 is 0 Å². The van der Waals surface area contributed by atoms with Crippen molar-refractivity contribution in [1.29, 1.82) is 5.26 Å². The van der Waals surface area contributed by atoms with Crippen molar-refractivity contribution in [3.8, 4) is 17.5 Å². The third-order valence-corrected chi connectivity index (χ3v) is 6.87. The molecule has 1 amide bonds. The molecule has 1 fully saturated rings. The second-order valence-corrected chi connectivity index (χ2v) is 10.3. The number of nitriles is 1.